The first-order chi connectivity index (χ1) is 5.36. The average molecular weight is 175 g/mol. The summed E-state index contributed by atoms with van der Waals surface area (Å²) < 4.78 is 4.79. The molecule has 0 spiro atoms. The van der Waals surface area contributed by atoms with E-state index in [2.05, 4.69) is 0 Å². The summed E-state index contributed by atoms with van der Waals surface area (Å²) in [6.07, 6.45) is -2.77. The van der Waals surface area contributed by atoms with Gasteiger partial charge in [0, 0.05) is 0 Å². The van der Waals surface area contributed by atoms with Crippen LogP contribution in [0, 0.1) is 0 Å². The summed E-state index contributed by atoms with van der Waals surface area (Å²) >= 11 is 0. The predicted octanol–water partition coefficient (Wildman–Crippen LogP) is -1.63. The summed E-state index contributed by atoms with van der Waals surface area (Å²) in [4.78, 5) is 10.9. The van der Waals surface area contributed by atoms with E-state index in [1.165, 1.54) is 0 Å². The van der Waals surface area contributed by atoms with Gasteiger partial charge < -0.3 is 20.7 Å². The maximum atomic E-state index is 10.9. The lowest BCUT2D eigenvalue weighted by Crippen LogP contribution is -2.64. The SMILES string of the molecule is CC1(C)OC(=O)[C@H](O)[C@H](O)[C@@H]1N. The molecule has 1 aliphatic heterocycles. The number of hydrogen-bond acceptors (Lipinski definition) is 5. The van der Waals surface area contributed by atoms with Crippen LogP contribution in [-0.4, -0.2) is 40.0 Å². The van der Waals surface area contributed by atoms with E-state index in [1.54, 1.807) is 13.8 Å². The van der Waals surface area contributed by atoms with Gasteiger partial charge in [-0.25, -0.2) is 4.79 Å². The van der Waals surface area contributed by atoms with Gasteiger partial charge in [-0.3, -0.25) is 0 Å². The van der Waals surface area contributed by atoms with Crippen molar-refractivity contribution in [3.8, 4) is 0 Å². The molecule has 0 aromatic heterocycles. The molecule has 5 heteroatoms. The van der Waals surface area contributed by atoms with Gasteiger partial charge in [0.25, 0.3) is 0 Å². The standard InChI is InChI=1S/C7H13NO4/c1-7(2)5(8)3(9)4(10)6(11)12-7/h3-5,9-10H,8H2,1-2H3/t3-,4+,5-/m0/s1. The Hall–Kier alpha value is -0.650. The Morgan fingerprint density at radius 2 is 2.00 bits per heavy atom. The van der Waals surface area contributed by atoms with Gasteiger partial charge in [0.2, 0.25) is 0 Å². The zero-order chi connectivity index (χ0) is 9.52. The second-order valence-electron chi connectivity index (χ2n) is 3.49. The first kappa shape index (κ1) is 9.44. The highest BCUT2D eigenvalue weighted by Gasteiger charge is 2.47. The monoisotopic (exact) mass is 175 g/mol. The maximum Gasteiger partial charge on any atom is 0.338 e. The quantitative estimate of drug-likeness (QED) is 0.384. The molecule has 1 rings (SSSR count). The molecule has 0 amide bonds. The van der Waals surface area contributed by atoms with E-state index in [4.69, 9.17) is 15.6 Å². The molecule has 0 bridgehead atoms. The van der Waals surface area contributed by atoms with Gasteiger partial charge in [-0.2, -0.15) is 0 Å². The Balaban J connectivity index is 2.85. The molecule has 0 aromatic rings. The minimum absolute atomic E-state index is 0.759. The zero-order valence-electron chi connectivity index (χ0n) is 7.02. The fraction of sp³-hybridized carbons (Fsp3) is 0.857. The van der Waals surface area contributed by atoms with Crippen molar-refractivity contribution in [2.45, 2.75) is 37.7 Å². The fourth-order valence-electron chi connectivity index (χ4n) is 1.13. The molecule has 0 radical (unpaired) electrons. The van der Waals surface area contributed by atoms with Crippen LogP contribution < -0.4 is 5.73 Å². The van der Waals surface area contributed by atoms with E-state index in [0.29, 0.717) is 0 Å². The number of rotatable bonds is 0. The number of hydrogen-bond donors (Lipinski definition) is 3. The predicted molar refractivity (Wildman–Crippen MR) is 40.2 cm³/mol. The molecule has 4 N–H and O–H groups in total. The topological polar surface area (TPSA) is 92.8 Å². The van der Waals surface area contributed by atoms with Crippen LogP contribution in [0.1, 0.15) is 13.8 Å². The van der Waals surface area contributed by atoms with Crippen LogP contribution in [0.25, 0.3) is 0 Å². The third-order valence-corrected chi connectivity index (χ3v) is 2.10. The minimum atomic E-state index is -1.52. The largest absolute Gasteiger partial charge is 0.456 e. The number of aliphatic hydroxyl groups is 2. The average Bonchev–Trinajstić information content (AvgIpc) is 1.97. The second kappa shape index (κ2) is 2.69. The van der Waals surface area contributed by atoms with Crippen LogP contribution in [0.15, 0.2) is 0 Å². The summed E-state index contributed by atoms with van der Waals surface area (Å²) in [6.45, 7) is 3.18. The van der Waals surface area contributed by atoms with Gasteiger partial charge in [0.1, 0.15) is 11.7 Å². The third kappa shape index (κ3) is 1.31. The summed E-state index contributed by atoms with van der Waals surface area (Å²) in [5.41, 5.74) is 4.60. The Kier molecular flexibility index (Phi) is 2.11. The lowest BCUT2D eigenvalue weighted by molar-refractivity contribution is -0.195. The van der Waals surface area contributed by atoms with Crippen molar-refractivity contribution < 1.29 is 19.7 Å². The highest BCUT2D eigenvalue weighted by molar-refractivity contribution is 5.76. The highest BCUT2D eigenvalue weighted by atomic mass is 16.6. The maximum absolute atomic E-state index is 10.9. The van der Waals surface area contributed by atoms with Crippen LogP contribution in [-0.2, 0) is 9.53 Å². The molecule has 12 heavy (non-hydrogen) atoms. The van der Waals surface area contributed by atoms with Crippen molar-refractivity contribution >= 4 is 5.97 Å². The number of ether oxygens (including phenoxy) is 1. The minimum Gasteiger partial charge on any atom is -0.456 e. The Morgan fingerprint density at radius 3 is 2.50 bits per heavy atom. The van der Waals surface area contributed by atoms with Gasteiger partial charge in [-0.05, 0) is 13.8 Å². The highest BCUT2D eigenvalue weighted by Crippen LogP contribution is 2.24. The molecule has 3 atom stereocenters. The van der Waals surface area contributed by atoms with E-state index in [-0.39, 0.29) is 0 Å². The lowest BCUT2D eigenvalue weighted by Gasteiger charge is -2.40. The van der Waals surface area contributed by atoms with Crippen molar-refractivity contribution in [2.24, 2.45) is 5.73 Å². The van der Waals surface area contributed by atoms with Gasteiger partial charge in [0.05, 0.1) is 6.04 Å². The molecule has 0 unspecified atom stereocenters. The number of esters is 1. The first-order valence-electron chi connectivity index (χ1n) is 3.71. The van der Waals surface area contributed by atoms with E-state index >= 15 is 0 Å². The van der Waals surface area contributed by atoms with Crippen molar-refractivity contribution in [3.63, 3.8) is 0 Å². The van der Waals surface area contributed by atoms with Crippen LogP contribution >= 0.6 is 0 Å². The number of carbonyl (C=O) groups is 1. The molecular formula is C7H13NO4. The molecule has 1 aliphatic rings. The molecule has 1 heterocycles. The van der Waals surface area contributed by atoms with Crippen LogP contribution in [0.5, 0.6) is 0 Å². The smallest absolute Gasteiger partial charge is 0.338 e. The van der Waals surface area contributed by atoms with Crippen LogP contribution in [0.4, 0.5) is 0 Å². The summed E-state index contributed by atoms with van der Waals surface area (Å²) in [5, 5.41) is 18.3. The van der Waals surface area contributed by atoms with E-state index in [0.717, 1.165) is 0 Å². The molecule has 0 aromatic carbocycles. The fourth-order valence-corrected chi connectivity index (χ4v) is 1.13. The normalized spacial score (nSPS) is 40.8. The summed E-state index contributed by atoms with van der Waals surface area (Å²) in [6, 6.07) is -0.759. The molecule has 0 aliphatic carbocycles. The van der Waals surface area contributed by atoms with Crippen LogP contribution in [0.3, 0.4) is 0 Å². The van der Waals surface area contributed by atoms with Crippen molar-refractivity contribution in [1.82, 2.24) is 0 Å². The van der Waals surface area contributed by atoms with Gasteiger partial charge in [0.15, 0.2) is 6.10 Å². The van der Waals surface area contributed by atoms with Crippen molar-refractivity contribution in [3.05, 3.63) is 0 Å². The van der Waals surface area contributed by atoms with Gasteiger partial charge in [-0.15, -0.1) is 0 Å². The Morgan fingerprint density at radius 1 is 1.50 bits per heavy atom. The molecule has 1 fully saturated rings. The van der Waals surface area contributed by atoms with Crippen molar-refractivity contribution in [2.75, 3.05) is 0 Å². The molecule has 0 saturated carbocycles. The van der Waals surface area contributed by atoms with Gasteiger partial charge >= 0.3 is 5.97 Å². The Labute approximate surface area is 70.1 Å². The zero-order valence-corrected chi connectivity index (χ0v) is 7.02. The molecule has 1 saturated heterocycles. The van der Waals surface area contributed by atoms with Crippen molar-refractivity contribution in [1.29, 1.82) is 0 Å². The lowest BCUT2D eigenvalue weighted by atomic mass is 9.88. The number of carbonyl (C=O) groups excluding carboxylic acids is 1. The second-order valence-corrected chi connectivity index (χ2v) is 3.49. The molecular weight excluding hydrogens is 162 g/mol. The molecule has 70 valence electrons. The van der Waals surface area contributed by atoms with Gasteiger partial charge in [-0.1, -0.05) is 0 Å². The van der Waals surface area contributed by atoms with Crippen LogP contribution in [0.2, 0.25) is 0 Å². The number of nitrogens with two attached hydrogens (primary N) is 1. The number of aliphatic hydroxyl groups excluding tert-OH is 2. The summed E-state index contributed by atoms with van der Waals surface area (Å²) in [7, 11) is 0. The number of cyclic esters (lactones) is 1. The Bertz CT molecular complexity index is 204. The third-order valence-electron chi connectivity index (χ3n) is 2.10. The first-order valence-corrected chi connectivity index (χ1v) is 3.71. The van der Waals surface area contributed by atoms with E-state index in [9.17, 15) is 9.90 Å². The van der Waals surface area contributed by atoms with E-state index in [1.807, 2.05) is 0 Å². The van der Waals surface area contributed by atoms with E-state index < -0.39 is 29.8 Å². The summed E-state index contributed by atoms with van der Waals surface area (Å²) in [5.74, 6) is -0.825. The molecule has 5 nitrogen and oxygen atoms in total.